The van der Waals surface area contributed by atoms with Crippen LogP contribution < -0.4 is 0 Å². The number of β-lactam (4-membered cyclic amide) rings is 1. The predicted octanol–water partition coefficient (Wildman–Crippen LogP) is 0.428. The molecule has 2 fully saturated rings. The minimum atomic E-state index is -3.84. The number of carbonyl (C=O) groups is 3. The van der Waals surface area contributed by atoms with Crippen molar-refractivity contribution in [1.29, 1.82) is 0 Å². The average Bonchev–Trinajstić information content (AvgIpc) is 2.58. The molecule has 0 unspecified atom stereocenters. The number of amides is 1. The standard InChI is InChI=1S/C14H20ClNO7S/c1-13(2,3)12(19)23-6-22-11(18)8-14(4,5)24(20,21)10-7(15)9(17)16(8)10/h7-8,10H,6H2,1-5H3/t7-,8-,10+/m0/s1. The second kappa shape index (κ2) is 5.59. The fourth-order valence-electron chi connectivity index (χ4n) is 2.67. The molecule has 2 aliphatic rings. The van der Waals surface area contributed by atoms with E-state index in [1.807, 2.05) is 0 Å². The zero-order valence-electron chi connectivity index (χ0n) is 14.0. The first-order valence-corrected chi connectivity index (χ1v) is 9.26. The van der Waals surface area contributed by atoms with Crippen molar-refractivity contribution in [1.82, 2.24) is 4.90 Å². The van der Waals surface area contributed by atoms with Crippen molar-refractivity contribution in [3.8, 4) is 0 Å². The lowest BCUT2D eigenvalue weighted by molar-refractivity contribution is -0.179. The van der Waals surface area contributed by atoms with Gasteiger partial charge in [0.1, 0.15) is 16.2 Å². The average molecular weight is 382 g/mol. The summed E-state index contributed by atoms with van der Waals surface area (Å²) in [5.41, 5.74) is -0.771. The van der Waals surface area contributed by atoms with E-state index in [4.69, 9.17) is 21.1 Å². The number of sulfone groups is 1. The Kier molecular flexibility index (Phi) is 4.42. The molecule has 2 heterocycles. The summed E-state index contributed by atoms with van der Waals surface area (Å²) in [5, 5.41) is -2.44. The van der Waals surface area contributed by atoms with Crippen molar-refractivity contribution >= 4 is 39.3 Å². The lowest BCUT2D eigenvalue weighted by Gasteiger charge is -2.39. The molecular weight excluding hydrogens is 362 g/mol. The maximum absolute atomic E-state index is 12.5. The van der Waals surface area contributed by atoms with Crippen molar-refractivity contribution < 1.29 is 32.3 Å². The number of rotatable bonds is 3. The first-order valence-electron chi connectivity index (χ1n) is 7.28. The highest BCUT2D eigenvalue weighted by molar-refractivity contribution is 7.94. The van der Waals surface area contributed by atoms with E-state index in [2.05, 4.69) is 0 Å². The molecule has 0 aromatic heterocycles. The second-order valence-corrected chi connectivity index (χ2v) is 10.4. The molecular formula is C14H20ClNO7S. The molecule has 2 saturated heterocycles. The molecule has 0 bridgehead atoms. The summed E-state index contributed by atoms with van der Waals surface area (Å²) in [6.07, 6.45) is 0. The molecule has 3 atom stereocenters. The van der Waals surface area contributed by atoms with E-state index in [0.717, 1.165) is 4.90 Å². The van der Waals surface area contributed by atoms with Crippen molar-refractivity contribution in [3.63, 3.8) is 0 Å². The number of esters is 2. The fraction of sp³-hybridized carbons (Fsp3) is 0.786. The molecule has 136 valence electrons. The summed E-state index contributed by atoms with van der Waals surface area (Å²) >= 11 is 5.79. The molecule has 1 amide bonds. The van der Waals surface area contributed by atoms with Gasteiger partial charge < -0.3 is 14.4 Å². The molecule has 2 aliphatic heterocycles. The Bertz CT molecular complexity index is 694. The molecule has 0 spiro atoms. The first-order chi connectivity index (χ1) is 10.7. The number of halogens is 1. The molecule has 0 N–H and O–H groups in total. The fourth-order valence-corrected chi connectivity index (χ4v) is 5.40. The molecule has 8 nitrogen and oxygen atoms in total. The van der Waals surface area contributed by atoms with Crippen LogP contribution in [0.15, 0.2) is 0 Å². The van der Waals surface area contributed by atoms with Crippen LogP contribution in [0.4, 0.5) is 0 Å². The quantitative estimate of drug-likeness (QED) is 0.302. The van der Waals surface area contributed by atoms with Crippen LogP contribution in [0.3, 0.4) is 0 Å². The topological polar surface area (TPSA) is 107 Å². The first kappa shape index (κ1) is 19.0. The van der Waals surface area contributed by atoms with E-state index in [1.165, 1.54) is 13.8 Å². The minimum Gasteiger partial charge on any atom is -0.427 e. The van der Waals surface area contributed by atoms with Gasteiger partial charge >= 0.3 is 11.9 Å². The van der Waals surface area contributed by atoms with E-state index in [9.17, 15) is 22.8 Å². The summed E-state index contributed by atoms with van der Waals surface area (Å²) in [7, 11) is -3.84. The van der Waals surface area contributed by atoms with Gasteiger partial charge in [-0.25, -0.2) is 13.2 Å². The van der Waals surface area contributed by atoms with E-state index in [-0.39, 0.29) is 0 Å². The van der Waals surface area contributed by atoms with E-state index >= 15 is 0 Å². The van der Waals surface area contributed by atoms with Crippen LogP contribution in [0.1, 0.15) is 34.6 Å². The molecule has 0 saturated carbocycles. The smallest absolute Gasteiger partial charge is 0.333 e. The Morgan fingerprint density at radius 2 is 1.79 bits per heavy atom. The lowest BCUT2D eigenvalue weighted by Crippen LogP contribution is -2.64. The van der Waals surface area contributed by atoms with Crippen LogP contribution in [0.5, 0.6) is 0 Å². The molecule has 0 aromatic rings. The van der Waals surface area contributed by atoms with Crippen LogP contribution in [0, 0.1) is 5.41 Å². The molecule has 0 radical (unpaired) electrons. The van der Waals surface area contributed by atoms with Crippen molar-refractivity contribution in [2.75, 3.05) is 6.79 Å². The monoisotopic (exact) mass is 381 g/mol. The zero-order valence-corrected chi connectivity index (χ0v) is 15.6. The maximum Gasteiger partial charge on any atom is 0.333 e. The maximum atomic E-state index is 12.5. The molecule has 0 aromatic carbocycles. The van der Waals surface area contributed by atoms with Gasteiger partial charge in [-0.3, -0.25) is 9.59 Å². The second-order valence-electron chi connectivity index (χ2n) is 7.35. The highest BCUT2D eigenvalue weighted by atomic mass is 35.5. The van der Waals surface area contributed by atoms with Gasteiger partial charge in [-0.2, -0.15) is 0 Å². The third-order valence-corrected chi connectivity index (χ3v) is 7.63. The highest BCUT2D eigenvalue weighted by Gasteiger charge is 2.72. The Morgan fingerprint density at radius 1 is 1.25 bits per heavy atom. The highest BCUT2D eigenvalue weighted by Crippen LogP contribution is 2.47. The predicted molar refractivity (Wildman–Crippen MR) is 83.6 cm³/mol. The van der Waals surface area contributed by atoms with Crippen LogP contribution >= 0.6 is 11.6 Å². The Balaban J connectivity index is 2.12. The SMILES string of the molecule is CC(C)(C)C(=O)OCOC(=O)[C@@H]1N2C(=O)[C@H](Cl)[C@H]2S(=O)(=O)C1(C)C. The van der Waals surface area contributed by atoms with E-state index in [1.54, 1.807) is 20.8 Å². The number of hydrogen-bond donors (Lipinski definition) is 0. The van der Waals surface area contributed by atoms with Gasteiger partial charge in [-0.1, -0.05) is 0 Å². The van der Waals surface area contributed by atoms with Crippen LogP contribution in [-0.2, 0) is 33.7 Å². The normalized spacial score (nSPS) is 30.3. The number of fused-ring (bicyclic) bond motifs is 1. The summed E-state index contributed by atoms with van der Waals surface area (Å²) in [6, 6.07) is -1.33. The van der Waals surface area contributed by atoms with E-state index < -0.39 is 61.4 Å². The van der Waals surface area contributed by atoms with Gasteiger partial charge in [-0.05, 0) is 34.6 Å². The van der Waals surface area contributed by atoms with Gasteiger partial charge in [0.25, 0.3) is 0 Å². The largest absolute Gasteiger partial charge is 0.427 e. The number of carbonyl (C=O) groups excluding carboxylic acids is 3. The summed E-state index contributed by atoms with van der Waals surface area (Å²) in [6.45, 7) is 6.92. The molecule has 0 aliphatic carbocycles. The van der Waals surface area contributed by atoms with Crippen molar-refractivity contribution in [2.45, 2.75) is 56.2 Å². The summed E-state index contributed by atoms with van der Waals surface area (Å²) < 4.78 is 33.1. The van der Waals surface area contributed by atoms with Crippen molar-refractivity contribution in [2.24, 2.45) is 5.41 Å². The van der Waals surface area contributed by atoms with Crippen LogP contribution in [0.2, 0.25) is 0 Å². The van der Waals surface area contributed by atoms with Gasteiger partial charge in [-0.15, -0.1) is 11.6 Å². The third-order valence-electron chi connectivity index (χ3n) is 4.23. The van der Waals surface area contributed by atoms with Gasteiger partial charge in [0, 0.05) is 0 Å². The van der Waals surface area contributed by atoms with Crippen molar-refractivity contribution in [3.05, 3.63) is 0 Å². The molecule has 24 heavy (non-hydrogen) atoms. The van der Waals surface area contributed by atoms with Gasteiger partial charge in [0.2, 0.25) is 12.7 Å². The number of hydrogen-bond acceptors (Lipinski definition) is 7. The number of alkyl halides is 1. The summed E-state index contributed by atoms with van der Waals surface area (Å²) in [4.78, 5) is 36.8. The Labute approximate surface area is 145 Å². The molecule has 10 heteroatoms. The van der Waals surface area contributed by atoms with Crippen LogP contribution in [0.25, 0.3) is 0 Å². The Hall–Kier alpha value is -1.35. The van der Waals surface area contributed by atoms with Gasteiger partial charge in [0.15, 0.2) is 15.2 Å². The van der Waals surface area contributed by atoms with E-state index in [0.29, 0.717) is 0 Å². The molecule has 2 rings (SSSR count). The third kappa shape index (κ3) is 2.57. The van der Waals surface area contributed by atoms with Crippen LogP contribution in [-0.4, -0.2) is 59.5 Å². The summed E-state index contributed by atoms with van der Waals surface area (Å²) in [5.74, 6) is -2.17. The number of nitrogens with zero attached hydrogens (tertiary/aromatic N) is 1. The Morgan fingerprint density at radius 3 is 2.29 bits per heavy atom. The lowest BCUT2D eigenvalue weighted by atomic mass is 9.97. The minimum absolute atomic E-state index is 0.577. The zero-order chi connectivity index (χ0) is 18.7. The number of ether oxygens (including phenoxy) is 2. The van der Waals surface area contributed by atoms with Gasteiger partial charge in [0.05, 0.1) is 5.41 Å².